The smallest absolute Gasteiger partial charge is 0.0457 e. The molecular formula is C18H18N2. The molecule has 0 bridgehead atoms. The second-order valence-electron chi connectivity index (χ2n) is 5.73. The van der Waals surface area contributed by atoms with Gasteiger partial charge in [-0.15, -0.1) is 0 Å². The lowest BCUT2D eigenvalue weighted by molar-refractivity contribution is 0.297. The minimum Gasteiger partial charge on any atom is -0.361 e. The molecule has 0 fully saturated rings. The van der Waals surface area contributed by atoms with Crippen LogP contribution in [-0.2, 0) is 6.54 Å². The van der Waals surface area contributed by atoms with Gasteiger partial charge in [-0.1, -0.05) is 36.4 Å². The summed E-state index contributed by atoms with van der Waals surface area (Å²) < 4.78 is 0. The molecule has 20 heavy (non-hydrogen) atoms. The van der Waals surface area contributed by atoms with E-state index in [-0.39, 0.29) is 0 Å². The van der Waals surface area contributed by atoms with Crippen molar-refractivity contribution in [2.75, 3.05) is 13.6 Å². The highest BCUT2D eigenvalue weighted by atomic mass is 15.1. The predicted molar refractivity (Wildman–Crippen MR) is 82.9 cm³/mol. The van der Waals surface area contributed by atoms with E-state index in [4.69, 9.17) is 0 Å². The Hall–Kier alpha value is -2.06. The molecule has 1 atom stereocenters. The van der Waals surface area contributed by atoms with Gasteiger partial charge in [-0.05, 0) is 35.9 Å². The predicted octanol–water partition coefficient (Wildman–Crippen LogP) is 3.75. The van der Waals surface area contributed by atoms with Gasteiger partial charge in [0, 0.05) is 36.1 Å². The molecule has 0 saturated carbocycles. The fraction of sp³-hybridized carbons (Fsp3) is 0.222. The summed E-state index contributed by atoms with van der Waals surface area (Å²) in [5.74, 6) is 0.476. The zero-order chi connectivity index (χ0) is 13.5. The van der Waals surface area contributed by atoms with E-state index in [9.17, 15) is 0 Å². The third-order valence-electron chi connectivity index (χ3n) is 4.38. The summed E-state index contributed by atoms with van der Waals surface area (Å²) in [5.41, 5.74) is 5.62. The molecule has 3 aromatic rings. The van der Waals surface area contributed by atoms with Gasteiger partial charge in [0.1, 0.15) is 0 Å². The molecule has 0 amide bonds. The van der Waals surface area contributed by atoms with Crippen LogP contribution in [-0.4, -0.2) is 23.5 Å². The van der Waals surface area contributed by atoms with E-state index >= 15 is 0 Å². The summed E-state index contributed by atoms with van der Waals surface area (Å²) in [6, 6.07) is 17.6. The number of likely N-dealkylation sites (N-methyl/N-ethyl adjacent to an activating group) is 1. The first-order valence-electron chi connectivity index (χ1n) is 7.15. The third kappa shape index (κ3) is 1.76. The molecule has 0 saturated heterocycles. The second-order valence-corrected chi connectivity index (χ2v) is 5.73. The number of nitrogens with zero attached hydrogens (tertiary/aromatic N) is 1. The number of benzene rings is 2. The molecule has 1 N–H and O–H groups in total. The van der Waals surface area contributed by atoms with E-state index in [0.29, 0.717) is 5.92 Å². The van der Waals surface area contributed by atoms with Gasteiger partial charge in [0.05, 0.1) is 0 Å². The van der Waals surface area contributed by atoms with E-state index in [1.807, 2.05) is 6.20 Å². The van der Waals surface area contributed by atoms with E-state index in [2.05, 4.69) is 65.5 Å². The van der Waals surface area contributed by atoms with Crippen molar-refractivity contribution in [3.05, 3.63) is 71.4 Å². The van der Waals surface area contributed by atoms with E-state index in [1.165, 1.54) is 27.6 Å². The normalized spacial score (nSPS) is 19.1. The van der Waals surface area contributed by atoms with Crippen molar-refractivity contribution in [1.29, 1.82) is 0 Å². The molecule has 100 valence electrons. The summed E-state index contributed by atoms with van der Waals surface area (Å²) in [7, 11) is 2.21. The van der Waals surface area contributed by atoms with E-state index < -0.39 is 0 Å². The number of aromatic nitrogens is 1. The summed E-state index contributed by atoms with van der Waals surface area (Å²) in [6.45, 7) is 2.13. The van der Waals surface area contributed by atoms with Crippen molar-refractivity contribution in [3.63, 3.8) is 0 Å². The summed E-state index contributed by atoms with van der Waals surface area (Å²) >= 11 is 0. The van der Waals surface area contributed by atoms with Gasteiger partial charge in [-0.25, -0.2) is 0 Å². The molecule has 2 aromatic carbocycles. The molecule has 0 aliphatic carbocycles. The van der Waals surface area contributed by atoms with Gasteiger partial charge in [-0.2, -0.15) is 0 Å². The molecule has 0 unspecified atom stereocenters. The molecule has 0 spiro atoms. The Bertz CT molecular complexity index is 742. The average Bonchev–Trinajstić information content (AvgIpc) is 2.96. The molecule has 0 radical (unpaired) electrons. The van der Waals surface area contributed by atoms with Gasteiger partial charge in [0.25, 0.3) is 0 Å². The van der Waals surface area contributed by atoms with E-state index in [0.717, 1.165) is 13.1 Å². The molecule has 1 aliphatic rings. The Labute approximate surface area is 119 Å². The number of aromatic amines is 1. The summed E-state index contributed by atoms with van der Waals surface area (Å²) in [5, 5.41) is 1.37. The number of hydrogen-bond acceptors (Lipinski definition) is 1. The number of fused-ring (bicyclic) bond motifs is 3. The van der Waals surface area contributed by atoms with Crippen LogP contribution in [0.15, 0.2) is 54.7 Å². The lowest BCUT2D eigenvalue weighted by atomic mass is 9.83. The Balaban J connectivity index is 1.92. The van der Waals surface area contributed by atoms with Crippen molar-refractivity contribution in [2.45, 2.75) is 12.5 Å². The maximum Gasteiger partial charge on any atom is 0.0457 e. The highest BCUT2D eigenvalue weighted by Crippen LogP contribution is 2.36. The Kier molecular flexibility index (Phi) is 2.64. The van der Waals surface area contributed by atoms with Crippen LogP contribution in [0.5, 0.6) is 0 Å². The zero-order valence-electron chi connectivity index (χ0n) is 11.6. The molecule has 1 aliphatic heterocycles. The van der Waals surface area contributed by atoms with Crippen molar-refractivity contribution in [2.24, 2.45) is 0 Å². The van der Waals surface area contributed by atoms with Crippen LogP contribution >= 0.6 is 0 Å². The van der Waals surface area contributed by atoms with Crippen LogP contribution in [0.4, 0.5) is 0 Å². The first kappa shape index (κ1) is 11.7. The third-order valence-corrected chi connectivity index (χ3v) is 4.38. The molecule has 1 aromatic heterocycles. The zero-order valence-corrected chi connectivity index (χ0v) is 11.6. The fourth-order valence-corrected chi connectivity index (χ4v) is 3.43. The first-order chi connectivity index (χ1) is 9.83. The molecular weight excluding hydrogens is 244 g/mol. The highest BCUT2D eigenvalue weighted by molar-refractivity contribution is 5.84. The Morgan fingerprint density at radius 3 is 2.75 bits per heavy atom. The van der Waals surface area contributed by atoms with Crippen LogP contribution in [0, 0.1) is 0 Å². The minimum atomic E-state index is 0.476. The molecule has 2 nitrogen and oxygen atoms in total. The maximum absolute atomic E-state index is 3.32. The highest BCUT2D eigenvalue weighted by Gasteiger charge is 2.26. The monoisotopic (exact) mass is 262 g/mol. The Morgan fingerprint density at radius 2 is 1.90 bits per heavy atom. The van der Waals surface area contributed by atoms with Crippen LogP contribution in [0.2, 0.25) is 0 Å². The lowest BCUT2D eigenvalue weighted by Crippen LogP contribution is -2.31. The van der Waals surface area contributed by atoms with Crippen molar-refractivity contribution >= 4 is 10.9 Å². The topological polar surface area (TPSA) is 19.0 Å². The van der Waals surface area contributed by atoms with Gasteiger partial charge in [0.15, 0.2) is 0 Å². The maximum atomic E-state index is 3.32. The van der Waals surface area contributed by atoms with Gasteiger partial charge in [-0.3, -0.25) is 0 Å². The number of hydrogen-bond donors (Lipinski definition) is 1. The average molecular weight is 262 g/mol. The lowest BCUT2D eigenvalue weighted by Gasteiger charge is -2.33. The van der Waals surface area contributed by atoms with Gasteiger partial charge < -0.3 is 9.88 Å². The molecule has 4 rings (SSSR count). The SMILES string of the molecule is CN1Cc2c(ccc3[nH]ccc23)[C@@H](c2ccccc2)C1. The number of nitrogens with one attached hydrogen (secondary N) is 1. The summed E-state index contributed by atoms with van der Waals surface area (Å²) in [6.07, 6.45) is 2.04. The van der Waals surface area contributed by atoms with Crippen LogP contribution in [0.3, 0.4) is 0 Å². The standard InChI is InChI=1S/C18H18N2/c1-20-11-16(13-5-3-2-4-6-13)14-7-8-18-15(9-10-19-18)17(14)12-20/h2-10,16,19H,11-12H2,1H3/t16-/m1/s1. The van der Waals surface area contributed by atoms with Crippen molar-refractivity contribution in [3.8, 4) is 0 Å². The van der Waals surface area contributed by atoms with Crippen LogP contribution in [0.1, 0.15) is 22.6 Å². The van der Waals surface area contributed by atoms with Gasteiger partial charge >= 0.3 is 0 Å². The quantitative estimate of drug-likeness (QED) is 0.707. The fourth-order valence-electron chi connectivity index (χ4n) is 3.43. The minimum absolute atomic E-state index is 0.476. The van der Waals surface area contributed by atoms with Gasteiger partial charge in [0.2, 0.25) is 0 Å². The molecule has 2 heteroatoms. The summed E-state index contributed by atoms with van der Waals surface area (Å²) in [4.78, 5) is 5.74. The van der Waals surface area contributed by atoms with Crippen LogP contribution in [0.25, 0.3) is 10.9 Å². The first-order valence-corrected chi connectivity index (χ1v) is 7.15. The van der Waals surface area contributed by atoms with Crippen molar-refractivity contribution < 1.29 is 0 Å². The Morgan fingerprint density at radius 1 is 1.05 bits per heavy atom. The van der Waals surface area contributed by atoms with E-state index in [1.54, 1.807) is 0 Å². The van der Waals surface area contributed by atoms with Crippen LogP contribution < -0.4 is 0 Å². The largest absolute Gasteiger partial charge is 0.361 e. The van der Waals surface area contributed by atoms with Crippen molar-refractivity contribution in [1.82, 2.24) is 9.88 Å². The number of H-pyrrole nitrogens is 1. The number of rotatable bonds is 1. The second kappa shape index (κ2) is 4.50. The molecule has 2 heterocycles.